The van der Waals surface area contributed by atoms with Gasteiger partial charge in [-0.2, -0.15) is 13.2 Å². The van der Waals surface area contributed by atoms with E-state index in [1.165, 1.54) is 11.3 Å². The second-order valence-corrected chi connectivity index (χ2v) is 4.43. The van der Waals surface area contributed by atoms with E-state index in [-0.39, 0.29) is 13.0 Å². The smallest absolute Gasteiger partial charge is 0.386 e. The summed E-state index contributed by atoms with van der Waals surface area (Å²) in [5, 5.41) is 14.2. The number of aliphatic hydroxyl groups is 1. The number of thiophene rings is 1. The fourth-order valence-electron chi connectivity index (χ4n) is 1.23. The van der Waals surface area contributed by atoms with Crippen LogP contribution >= 0.6 is 11.3 Å². The summed E-state index contributed by atoms with van der Waals surface area (Å²) in [4.78, 5) is 0.823. The fourth-order valence-corrected chi connectivity index (χ4v) is 1.95. The first-order valence-corrected chi connectivity index (χ1v) is 5.86. The third-order valence-electron chi connectivity index (χ3n) is 2.02. The van der Waals surface area contributed by atoms with Crippen LogP contribution in [0.25, 0.3) is 0 Å². The van der Waals surface area contributed by atoms with Gasteiger partial charge in [-0.25, -0.2) is 0 Å². The maximum atomic E-state index is 11.8. The maximum Gasteiger partial charge on any atom is 0.389 e. The lowest BCUT2D eigenvalue weighted by Gasteiger charge is -2.10. The van der Waals surface area contributed by atoms with Crippen LogP contribution in [0.2, 0.25) is 0 Å². The highest BCUT2D eigenvalue weighted by atomic mass is 32.1. The minimum absolute atomic E-state index is 0.0423. The Kier molecular flexibility index (Phi) is 5.24. The highest BCUT2D eigenvalue weighted by molar-refractivity contribution is 7.10. The quantitative estimate of drug-likeness (QED) is 0.764. The predicted octanol–water partition coefficient (Wildman–Crippen LogP) is 2.71. The SMILES string of the molecule is OC(CNCCCC(F)(F)F)c1cccs1. The molecule has 1 aromatic heterocycles. The van der Waals surface area contributed by atoms with E-state index in [0.29, 0.717) is 6.54 Å². The molecule has 0 aliphatic carbocycles. The van der Waals surface area contributed by atoms with Crippen LogP contribution in [0.5, 0.6) is 0 Å². The molecule has 1 atom stereocenters. The van der Waals surface area contributed by atoms with Crippen molar-refractivity contribution < 1.29 is 18.3 Å². The second-order valence-electron chi connectivity index (χ2n) is 3.45. The minimum Gasteiger partial charge on any atom is -0.386 e. The lowest BCUT2D eigenvalue weighted by molar-refractivity contribution is -0.135. The lowest BCUT2D eigenvalue weighted by atomic mass is 10.2. The van der Waals surface area contributed by atoms with E-state index in [1.807, 2.05) is 11.4 Å². The van der Waals surface area contributed by atoms with Crippen molar-refractivity contribution >= 4 is 11.3 Å². The van der Waals surface area contributed by atoms with Crippen LogP contribution in [0.1, 0.15) is 23.8 Å². The Morgan fingerprint density at radius 1 is 1.44 bits per heavy atom. The molecule has 0 saturated carbocycles. The molecule has 0 radical (unpaired) electrons. The van der Waals surface area contributed by atoms with E-state index in [9.17, 15) is 18.3 Å². The summed E-state index contributed by atoms with van der Waals surface area (Å²) < 4.78 is 35.4. The maximum absolute atomic E-state index is 11.8. The zero-order chi connectivity index (χ0) is 12.0. The summed E-state index contributed by atoms with van der Waals surface area (Å²) in [5.41, 5.74) is 0. The summed E-state index contributed by atoms with van der Waals surface area (Å²) in [6.07, 6.45) is -5.46. The molecule has 0 spiro atoms. The predicted molar refractivity (Wildman–Crippen MR) is 57.4 cm³/mol. The monoisotopic (exact) mass is 253 g/mol. The van der Waals surface area contributed by atoms with Crippen LogP contribution in [0.15, 0.2) is 17.5 Å². The number of aliphatic hydroxyl groups excluding tert-OH is 1. The van der Waals surface area contributed by atoms with Gasteiger partial charge in [-0.3, -0.25) is 0 Å². The molecule has 2 nitrogen and oxygen atoms in total. The molecule has 0 amide bonds. The molecule has 1 rings (SSSR count). The molecule has 0 bridgehead atoms. The summed E-state index contributed by atoms with van der Waals surface area (Å²) >= 11 is 1.43. The Bertz CT molecular complexity index is 287. The standard InChI is InChI=1S/C10H14F3NOS/c11-10(12,13)4-2-5-14-7-8(15)9-3-1-6-16-9/h1,3,6,8,14-15H,2,4-5,7H2. The van der Waals surface area contributed by atoms with Gasteiger partial charge in [0.2, 0.25) is 0 Å². The highest BCUT2D eigenvalue weighted by Crippen LogP contribution is 2.21. The minimum atomic E-state index is -4.09. The number of nitrogens with one attached hydrogen (secondary N) is 1. The Labute approximate surface area is 96.1 Å². The van der Waals surface area contributed by atoms with E-state index in [2.05, 4.69) is 5.32 Å². The lowest BCUT2D eigenvalue weighted by Crippen LogP contribution is -2.23. The first-order valence-electron chi connectivity index (χ1n) is 4.98. The molecule has 6 heteroatoms. The van der Waals surface area contributed by atoms with Crippen molar-refractivity contribution in [3.05, 3.63) is 22.4 Å². The van der Waals surface area contributed by atoms with Gasteiger partial charge in [-0.05, 0) is 24.4 Å². The topological polar surface area (TPSA) is 32.3 Å². The first kappa shape index (κ1) is 13.5. The summed E-state index contributed by atoms with van der Waals surface area (Å²) in [6.45, 7) is 0.556. The molecule has 0 aromatic carbocycles. The zero-order valence-electron chi connectivity index (χ0n) is 8.63. The molecule has 1 unspecified atom stereocenters. The van der Waals surface area contributed by atoms with Crippen molar-refractivity contribution in [2.45, 2.75) is 25.1 Å². The van der Waals surface area contributed by atoms with Crippen LogP contribution in [0.4, 0.5) is 13.2 Å². The molecular weight excluding hydrogens is 239 g/mol. The largest absolute Gasteiger partial charge is 0.389 e. The first-order chi connectivity index (χ1) is 7.49. The summed E-state index contributed by atoms with van der Waals surface area (Å²) in [7, 11) is 0. The Balaban J connectivity index is 2.08. The summed E-state index contributed by atoms with van der Waals surface area (Å²) in [6, 6.07) is 3.62. The molecule has 16 heavy (non-hydrogen) atoms. The van der Waals surface area contributed by atoms with Gasteiger partial charge in [-0.1, -0.05) is 6.07 Å². The van der Waals surface area contributed by atoms with Crippen molar-refractivity contribution in [2.24, 2.45) is 0 Å². The fraction of sp³-hybridized carbons (Fsp3) is 0.600. The van der Waals surface area contributed by atoms with Gasteiger partial charge < -0.3 is 10.4 Å². The normalized spacial score (nSPS) is 14.0. The Hall–Kier alpha value is -0.590. The van der Waals surface area contributed by atoms with Crippen molar-refractivity contribution in [1.29, 1.82) is 0 Å². The van der Waals surface area contributed by atoms with Crippen molar-refractivity contribution in [1.82, 2.24) is 5.32 Å². The highest BCUT2D eigenvalue weighted by Gasteiger charge is 2.25. The van der Waals surface area contributed by atoms with Crippen LogP contribution in [-0.4, -0.2) is 24.4 Å². The number of hydrogen-bond acceptors (Lipinski definition) is 3. The van der Waals surface area contributed by atoms with Crippen molar-refractivity contribution in [3.63, 3.8) is 0 Å². The number of halogens is 3. The summed E-state index contributed by atoms with van der Waals surface area (Å²) in [5.74, 6) is 0. The van der Waals surface area contributed by atoms with Crippen molar-refractivity contribution in [3.8, 4) is 0 Å². The van der Waals surface area contributed by atoms with Gasteiger partial charge in [0.1, 0.15) is 6.10 Å². The van der Waals surface area contributed by atoms with Gasteiger partial charge in [0.25, 0.3) is 0 Å². The molecule has 0 fully saturated rings. The molecule has 2 N–H and O–H groups in total. The Morgan fingerprint density at radius 2 is 2.19 bits per heavy atom. The average Bonchev–Trinajstić information content (AvgIpc) is 2.67. The van der Waals surface area contributed by atoms with E-state index in [0.717, 1.165) is 4.88 Å². The van der Waals surface area contributed by atoms with E-state index in [1.54, 1.807) is 6.07 Å². The van der Waals surface area contributed by atoms with Crippen LogP contribution in [-0.2, 0) is 0 Å². The van der Waals surface area contributed by atoms with Crippen molar-refractivity contribution in [2.75, 3.05) is 13.1 Å². The molecule has 1 aromatic rings. The van der Waals surface area contributed by atoms with Crippen LogP contribution < -0.4 is 5.32 Å². The molecular formula is C10H14F3NOS. The molecule has 0 saturated heterocycles. The number of alkyl halides is 3. The second kappa shape index (κ2) is 6.22. The average molecular weight is 253 g/mol. The van der Waals surface area contributed by atoms with E-state index >= 15 is 0 Å². The third kappa shape index (κ3) is 5.48. The van der Waals surface area contributed by atoms with Gasteiger partial charge >= 0.3 is 6.18 Å². The Morgan fingerprint density at radius 3 is 2.75 bits per heavy atom. The van der Waals surface area contributed by atoms with Crippen LogP contribution in [0, 0.1) is 0 Å². The number of hydrogen-bond donors (Lipinski definition) is 2. The van der Waals surface area contributed by atoms with E-state index in [4.69, 9.17) is 0 Å². The van der Waals surface area contributed by atoms with Gasteiger partial charge in [-0.15, -0.1) is 11.3 Å². The van der Waals surface area contributed by atoms with Gasteiger partial charge in [0, 0.05) is 17.8 Å². The molecule has 92 valence electrons. The van der Waals surface area contributed by atoms with Crippen LogP contribution in [0.3, 0.4) is 0 Å². The third-order valence-corrected chi connectivity index (χ3v) is 3.00. The molecule has 1 heterocycles. The van der Waals surface area contributed by atoms with Gasteiger partial charge in [0.05, 0.1) is 0 Å². The van der Waals surface area contributed by atoms with E-state index < -0.39 is 18.7 Å². The van der Waals surface area contributed by atoms with Gasteiger partial charge in [0.15, 0.2) is 0 Å². The number of rotatable bonds is 6. The zero-order valence-corrected chi connectivity index (χ0v) is 9.44. The molecule has 0 aliphatic rings. The molecule has 0 aliphatic heterocycles.